The minimum absolute atomic E-state index is 0. The Bertz CT molecular complexity index is 754. The van der Waals surface area contributed by atoms with Gasteiger partial charge in [0.05, 0.1) is 5.69 Å². The lowest BCUT2D eigenvalue weighted by molar-refractivity contribution is 0.287. The van der Waals surface area contributed by atoms with Crippen molar-refractivity contribution in [3.63, 3.8) is 0 Å². The van der Waals surface area contributed by atoms with Crippen LogP contribution in [0.25, 0.3) is 0 Å². The van der Waals surface area contributed by atoms with Crippen LogP contribution in [-0.2, 0) is 20.0 Å². The summed E-state index contributed by atoms with van der Waals surface area (Å²) in [5.41, 5.74) is 3.75. The summed E-state index contributed by atoms with van der Waals surface area (Å²) in [6, 6.07) is 11.0. The molecule has 1 aromatic carbocycles. The molecule has 2 rings (SSSR count). The molecule has 6 nitrogen and oxygen atoms in total. The predicted octanol–water partition coefficient (Wildman–Crippen LogP) is 3.34. The summed E-state index contributed by atoms with van der Waals surface area (Å²) in [7, 11) is 10.2. The van der Waals surface area contributed by atoms with Crippen molar-refractivity contribution in [3.05, 3.63) is 53.3 Å². The first kappa shape index (κ1) is 25.4. The van der Waals surface area contributed by atoms with E-state index in [1.165, 1.54) is 11.1 Å². The number of likely N-dealkylation sites (N-methyl/N-ethyl adjacent to an activating group) is 1. The molecule has 1 atom stereocenters. The summed E-state index contributed by atoms with van der Waals surface area (Å²) in [6.07, 6.45) is 3.11. The van der Waals surface area contributed by atoms with Gasteiger partial charge in [-0.3, -0.25) is 9.67 Å². The molecule has 29 heavy (non-hydrogen) atoms. The van der Waals surface area contributed by atoms with Crippen LogP contribution in [0.2, 0.25) is 0 Å². The Balaban J connectivity index is 0.00000420. The summed E-state index contributed by atoms with van der Waals surface area (Å²) < 4.78 is 1.90. The Hall–Kier alpha value is -1.61. The van der Waals surface area contributed by atoms with Gasteiger partial charge in [-0.1, -0.05) is 44.2 Å². The smallest absolute Gasteiger partial charge is 0.193 e. The van der Waals surface area contributed by atoms with Gasteiger partial charge in [0.15, 0.2) is 5.96 Å². The largest absolute Gasteiger partial charge is 0.355 e. The van der Waals surface area contributed by atoms with E-state index in [4.69, 9.17) is 0 Å². The number of hydrogen-bond donors (Lipinski definition) is 1. The molecular weight excluding hydrogens is 475 g/mol. The molecule has 0 amide bonds. The third-order valence-electron chi connectivity index (χ3n) is 5.01. The van der Waals surface area contributed by atoms with Gasteiger partial charge >= 0.3 is 0 Å². The molecule has 1 aromatic heterocycles. The minimum atomic E-state index is 0. The highest BCUT2D eigenvalue weighted by Crippen LogP contribution is 2.18. The Morgan fingerprint density at radius 3 is 2.38 bits per heavy atom. The standard InChI is InChI=1S/C22H36N6.HI/c1-17(2)21-19(16-28(7)25-21)15-27(6)22(23-3)24-14-20(26(4)5)13-18-11-9-8-10-12-18;/h8-12,16-17,20H,13-15H2,1-7H3,(H,23,24);1H. The van der Waals surface area contributed by atoms with Gasteiger partial charge < -0.3 is 15.1 Å². The van der Waals surface area contributed by atoms with E-state index in [9.17, 15) is 0 Å². The highest BCUT2D eigenvalue weighted by molar-refractivity contribution is 14.0. The van der Waals surface area contributed by atoms with Gasteiger partial charge in [0.1, 0.15) is 0 Å². The topological polar surface area (TPSA) is 48.7 Å². The van der Waals surface area contributed by atoms with E-state index in [2.05, 4.69) is 96.7 Å². The van der Waals surface area contributed by atoms with Crippen molar-refractivity contribution >= 4 is 29.9 Å². The van der Waals surface area contributed by atoms with E-state index >= 15 is 0 Å². The highest BCUT2D eigenvalue weighted by Gasteiger charge is 2.17. The molecule has 1 N–H and O–H groups in total. The Morgan fingerprint density at radius 1 is 1.17 bits per heavy atom. The Morgan fingerprint density at radius 2 is 1.83 bits per heavy atom. The van der Waals surface area contributed by atoms with Crippen molar-refractivity contribution in [3.8, 4) is 0 Å². The summed E-state index contributed by atoms with van der Waals surface area (Å²) >= 11 is 0. The number of aliphatic imine (C=N–C) groups is 1. The van der Waals surface area contributed by atoms with Crippen LogP contribution in [0.3, 0.4) is 0 Å². The number of nitrogens with zero attached hydrogens (tertiary/aromatic N) is 5. The van der Waals surface area contributed by atoms with E-state index in [-0.39, 0.29) is 24.0 Å². The average Bonchev–Trinajstić information content (AvgIpc) is 3.02. The molecule has 1 heterocycles. The van der Waals surface area contributed by atoms with Crippen molar-refractivity contribution in [2.75, 3.05) is 34.7 Å². The van der Waals surface area contributed by atoms with E-state index in [0.29, 0.717) is 12.0 Å². The molecule has 0 saturated carbocycles. The first-order valence-corrected chi connectivity index (χ1v) is 9.96. The third kappa shape index (κ3) is 7.62. The van der Waals surface area contributed by atoms with E-state index in [1.54, 1.807) is 0 Å². The van der Waals surface area contributed by atoms with E-state index in [0.717, 1.165) is 31.2 Å². The van der Waals surface area contributed by atoms with Crippen molar-refractivity contribution < 1.29 is 0 Å². The van der Waals surface area contributed by atoms with Gasteiger partial charge in [-0.05, 0) is 32.0 Å². The maximum absolute atomic E-state index is 4.62. The van der Waals surface area contributed by atoms with Gasteiger partial charge in [0.25, 0.3) is 0 Å². The molecule has 1 unspecified atom stereocenters. The maximum atomic E-state index is 4.62. The molecular formula is C22H37IN6. The van der Waals surface area contributed by atoms with Gasteiger partial charge in [0, 0.05) is 52.0 Å². The van der Waals surface area contributed by atoms with E-state index in [1.807, 2.05) is 18.8 Å². The number of halogens is 1. The van der Waals surface area contributed by atoms with Crippen LogP contribution in [0.4, 0.5) is 0 Å². The lowest BCUT2D eigenvalue weighted by Crippen LogP contribution is -2.46. The number of aromatic nitrogens is 2. The molecule has 0 fully saturated rings. The van der Waals surface area contributed by atoms with Crippen LogP contribution < -0.4 is 5.32 Å². The number of rotatable bonds is 8. The Labute approximate surface area is 193 Å². The minimum Gasteiger partial charge on any atom is -0.355 e. The average molecular weight is 512 g/mol. The molecule has 0 spiro atoms. The van der Waals surface area contributed by atoms with E-state index < -0.39 is 0 Å². The fraction of sp³-hybridized carbons (Fsp3) is 0.545. The summed E-state index contributed by atoms with van der Waals surface area (Å²) in [4.78, 5) is 8.92. The predicted molar refractivity (Wildman–Crippen MR) is 133 cm³/mol. The molecule has 0 aliphatic carbocycles. The molecule has 0 aliphatic heterocycles. The molecule has 0 aliphatic rings. The third-order valence-corrected chi connectivity index (χ3v) is 5.01. The second-order valence-corrected chi connectivity index (χ2v) is 7.96. The lowest BCUT2D eigenvalue weighted by atomic mass is 10.1. The van der Waals surface area contributed by atoms with Crippen molar-refractivity contribution in [1.82, 2.24) is 24.9 Å². The normalized spacial score (nSPS) is 12.8. The zero-order valence-corrected chi connectivity index (χ0v) is 21.2. The van der Waals surface area contributed by atoms with Crippen molar-refractivity contribution in [2.24, 2.45) is 12.0 Å². The fourth-order valence-corrected chi connectivity index (χ4v) is 3.41. The number of guanidine groups is 1. The van der Waals surface area contributed by atoms with Crippen LogP contribution in [0.5, 0.6) is 0 Å². The number of hydrogen-bond acceptors (Lipinski definition) is 3. The van der Waals surface area contributed by atoms with Crippen LogP contribution in [-0.4, -0.2) is 66.3 Å². The Kier molecular flexibility index (Phi) is 10.7. The van der Waals surface area contributed by atoms with Crippen LogP contribution in [0.15, 0.2) is 41.5 Å². The summed E-state index contributed by atoms with van der Waals surface area (Å²) in [5.74, 6) is 1.31. The summed E-state index contributed by atoms with van der Waals surface area (Å²) in [6.45, 7) is 5.99. The summed E-state index contributed by atoms with van der Waals surface area (Å²) in [5, 5.41) is 8.17. The molecule has 7 heteroatoms. The monoisotopic (exact) mass is 512 g/mol. The number of nitrogens with one attached hydrogen (secondary N) is 1. The SMILES string of the molecule is CN=C(NCC(Cc1ccccc1)N(C)C)N(C)Cc1cn(C)nc1C(C)C.I. The lowest BCUT2D eigenvalue weighted by Gasteiger charge is -2.28. The van der Waals surface area contributed by atoms with Gasteiger partial charge in [-0.25, -0.2) is 0 Å². The second-order valence-electron chi connectivity index (χ2n) is 7.96. The first-order valence-electron chi connectivity index (χ1n) is 9.96. The zero-order chi connectivity index (χ0) is 20.7. The highest BCUT2D eigenvalue weighted by atomic mass is 127. The van der Waals surface area contributed by atoms with Crippen LogP contribution in [0.1, 0.15) is 36.6 Å². The maximum Gasteiger partial charge on any atom is 0.193 e. The molecule has 0 radical (unpaired) electrons. The van der Waals surface area contributed by atoms with Crippen molar-refractivity contribution in [2.45, 2.75) is 38.8 Å². The van der Waals surface area contributed by atoms with Gasteiger partial charge in [0.2, 0.25) is 0 Å². The van der Waals surface area contributed by atoms with Gasteiger partial charge in [-0.15, -0.1) is 24.0 Å². The van der Waals surface area contributed by atoms with Crippen molar-refractivity contribution in [1.29, 1.82) is 0 Å². The molecule has 162 valence electrons. The fourth-order valence-electron chi connectivity index (χ4n) is 3.41. The second kappa shape index (κ2) is 12.2. The van der Waals surface area contributed by atoms with Gasteiger partial charge in [-0.2, -0.15) is 5.10 Å². The molecule has 2 aromatic rings. The van der Waals surface area contributed by atoms with Crippen LogP contribution in [0, 0.1) is 0 Å². The molecule has 0 bridgehead atoms. The molecule has 0 saturated heterocycles. The first-order chi connectivity index (χ1) is 13.3. The quantitative estimate of drug-likeness (QED) is 0.335. The number of aryl methyl sites for hydroxylation is 1. The van der Waals surface area contributed by atoms with Crippen LogP contribution >= 0.6 is 24.0 Å². The zero-order valence-electron chi connectivity index (χ0n) is 18.9. The number of benzene rings is 1.